The first-order valence-corrected chi connectivity index (χ1v) is 9.66. The van der Waals surface area contributed by atoms with E-state index in [1.165, 1.54) is 18.2 Å². The van der Waals surface area contributed by atoms with Crippen LogP contribution < -0.4 is 9.62 Å². The van der Waals surface area contributed by atoms with Gasteiger partial charge in [-0.2, -0.15) is 0 Å². The van der Waals surface area contributed by atoms with Gasteiger partial charge < -0.3 is 10.0 Å². The van der Waals surface area contributed by atoms with Crippen LogP contribution in [-0.4, -0.2) is 32.7 Å². The molecule has 0 aliphatic carbocycles. The summed E-state index contributed by atoms with van der Waals surface area (Å²) in [6, 6.07) is 10.9. The quantitative estimate of drug-likeness (QED) is 0.875. The van der Waals surface area contributed by atoms with Crippen molar-refractivity contribution in [2.24, 2.45) is 0 Å². The summed E-state index contributed by atoms with van der Waals surface area (Å²) in [6.45, 7) is 2.96. The van der Waals surface area contributed by atoms with Crippen LogP contribution in [0.4, 0.5) is 15.8 Å². The fourth-order valence-corrected chi connectivity index (χ4v) is 3.98. The molecule has 0 radical (unpaired) electrons. The number of rotatable bonds is 4. The van der Waals surface area contributed by atoms with E-state index in [-0.39, 0.29) is 16.7 Å². The summed E-state index contributed by atoms with van der Waals surface area (Å²) >= 11 is 0. The molecule has 2 N–H and O–H groups in total. The Bertz CT molecular complexity index is 845. The van der Waals surface area contributed by atoms with Crippen molar-refractivity contribution in [2.75, 3.05) is 22.7 Å². The summed E-state index contributed by atoms with van der Waals surface area (Å²) in [5, 5.41) is 9.64. The summed E-state index contributed by atoms with van der Waals surface area (Å²) < 4.78 is 42.0. The maximum atomic E-state index is 14.4. The molecule has 1 heterocycles. The molecular weight excluding hydrogens is 343 g/mol. The van der Waals surface area contributed by atoms with Crippen molar-refractivity contribution in [2.45, 2.75) is 30.8 Å². The fraction of sp³-hybridized carbons (Fsp3) is 0.333. The number of aliphatic hydroxyl groups excluding tert-OH is 1. The zero-order valence-electron chi connectivity index (χ0n) is 13.9. The van der Waals surface area contributed by atoms with Crippen LogP contribution in [0.1, 0.15) is 18.4 Å². The van der Waals surface area contributed by atoms with Gasteiger partial charge in [0.05, 0.1) is 16.7 Å². The van der Waals surface area contributed by atoms with Gasteiger partial charge in [-0.1, -0.05) is 23.8 Å². The molecule has 25 heavy (non-hydrogen) atoms. The molecule has 134 valence electrons. The third-order valence-electron chi connectivity index (χ3n) is 4.36. The molecule has 0 aromatic heterocycles. The largest absolute Gasteiger partial charge is 0.393 e. The number of aryl methyl sites for hydroxylation is 1. The fourth-order valence-electron chi connectivity index (χ4n) is 2.89. The topological polar surface area (TPSA) is 69.6 Å². The Kier molecular flexibility index (Phi) is 4.96. The molecule has 0 bridgehead atoms. The molecule has 3 rings (SSSR count). The molecule has 0 atom stereocenters. The van der Waals surface area contributed by atoms with E-state index in [4.69, 9.17) is 0 Å². The lowest BCUT2D eigenvalue weighted by Crippen LogP contribution is -2.36. The Morgan fingerprint density at radius 1 is 1.12 bits per heavy atom. The van der Waals surface area contributed by atoms with Gasteiger partial charge in [-0.3, -0.25) is 4.72 Å². The van der Waals surface area contributed by atoms with Crippen molar-refractivity contribution >= 4 is 21.4 Å². The van der Waals surface area contributed by atoms with Crippen LogP contribution in [-0.2, 0) is 10.0 Å². The van der Waals surface area contributed by atoms with E-state index < -0.39 is 15.8 Å². The van der Waals surface area contributed by atoms with Crippen LogP contribution in [0.2, 0.25) is 0 Å². The zero-order chi connectivity index (χ0) is 18.0. The summed E-state index contributed by atoms with van der Waals surface area (Å²) in [4.78, 5) is 1.98. The first-order chi connectivity index (χ1) is 11.9. The number of sulfonamides is 1. The predicted octanol–water partition coefficient (Wildman–Crippen LogP) is 2.90. The average Bonchev–Trinajstić information content (AvgIpc) is 2.58. The average molecular weight is 364 g/mol. The zero-order valence-corrected chi connectivity index (χ0v) is 14.8. The number of nitrogens with one attached hydrogen (secondary N) is 1. The van der Waals surface area contributed by atoms with E-state index in [9.17, 15) is 17.9 Å². The summed E-state index contributed by atoms with van der Waals surface area (Å²) in [5.41, 5.74) is 1.37. The van der Waals surface area contributed by atoms with Gasteiger partial charge in [0.15, 0.2) is 0 Å². The van der Waals surface area contributed by atoms with E-state index in [1.807, 2.05) is 11.8 Å². The molecule has 0 saturated carbocycles. The first kappa shape index (κ1) is 17.7. The number of piperidine rings is 1. The SMILES string of the molecule is Cc1ccc(S(=O)(=O)Nc2c(F)cccc2N2CCC(O)CC2)cc1. The Hall–Kier alpha value is -2.12. The highest BCUT2D eigenvalue weighted by molar-refractivity contribution is 7.92. The van der Waals surface area contributed by atoms with Crippen LogP contribution in [0.3, 0.4) is 0 Å². The summed E-state index contributed by atoms with van der Waals surface area (Å²) in [6.07, 6.45) is 0.777. The molecule has 1 aliphatic rings. The molecule has 1 saturated heterocycles. The van der Waals surface area contributed by atoms with E-state index in [2.05, 4.69) is 4.72 Å². The third kappa shape index (κ3) is 3.93. The van der Waals surface area contributed by atoms with Gasteiger partial charge in [-0.05, 0) is 44.0 Å². The van der Waals surface area contributed by atoms with Crippen molar-refractivity contribution in [1.29, 1.82) is 0 Å². The van der Waals surface area contributed by atoms with Gasteiger partial charge >= 0.3 is 0 Å². The van der Waals surface area contributed by atoms with E-state index in [1.54, 1.807) is 24.3 Å². The number of anilines is 2. The van der Waals surface area contributed by atoms with Gasteiger partial charge in [0.25, 0.3) is 10.0 Å². The third-order valence-corrected chi connectivity index (χ3v) is 5.73. The van der Waals surface area contributed by atoms with Crippen molar-refractivity contribution in [3.63, 3.8) is 0 Å². The molecule has 1 fully saturated rings. The standard InChI is InChI=1S/C18H21FN2O3S/c1-13-5-7-15(8-6-13)25(23,24)20-18-16(19)3-2-4-17(18)21-11-9-14(22)10-12-21/h2-8,14,20,22H,9-12H2,1H3. The van der Waals surface area contributed by atoms with E-state index in [0.717, 1.165) is 5.56 Å². The molecule has 1 aliphatic heterocycles. The van der Waals surface area contributed by atoms with Crippen molar-refractivity contribution in [3.8, 4) is 0 Å². The monoisotopic (exact) mass is 364 g/mol. The Morgan fingerprint density at radius 3 is 2.40 bits per heavy atom. The van der Waals surface area contributed by atoms with Gasteiger partial charge in [0.2, 0.25) is 0 Å². The molecular formula is C18H21FN2O3S. The lowest BCUT2D eigenvalue weighted by atomic mass is 10.1. The van der Waals surface area contributed by atoms with E-state index >= 15 is 0 Å². The minimum absolute atomic E-state index is 0.0561. The van der Waals surface area contributed by atoms with Crippen molar-refractivity contribution in [3.05, 3.63) is 53.8 Å². The normalized spacial score (nSPS) is 16.0. The predicted molar refractivity (Wildman–Crippen MR) is 95.8 cm³/mol. The van der Waals surface area contributed by atoms with Crippen LogP contribution in [0.25, 0.3) is 0 Å². The van der Waals surface area contributed by atoms with Gasteiger partial charge in [-0.15, -0.1) is 0 Å². The maximum absolute atomic E-state index is 14.4. The highest BCUT2D eigenvalue weighted by atomic mass is 32.2. The lowest BCUT2D eigenvalue weighted by Gasteiger charge is -2.33. The Labute approximate surface area is 147 Å². The highest BCUT2D eigenvalue weighted by Crippen LogP contribution is 2.32. The molecule has 0 spiro atoms. The number of nitrogens with zero attached hydrogens (tertiary/aromatic N) is 1. The summed E-state index contributed by atoms with van der Waals surface area (Å²) in [5.74, 6) is -0.626. The second kappa shape index (κ2) is 7.01. The minimum atomic E-state index is -3.89. The molecule has 0 unspecified atom stereocenters. The minimum Gasteiger partial charge on any atom is -0.393 e. The summed E-state index contributed by atoms with van der Waals surface area (Å²) in [7, 11) is -3.89. The number of hydrogen-bond donors (Lipinski definition) is 2. The van der Waals surface area contributed by atoms with Gasteiger partial charge in [0.1, 0.15) is 11.5 Å². The van der Waals surface area contributed by atoms with Crippen molar-refractivity contribution < 1.29 is 17.9 Å². The number of para-hydroxylation sites is 1. The van der Waals surface area contributed by atoms with Crippen LogP contribution >= 0.6 is 0 Å². The molecule has 2 aromatic carbocycles. The Balaban J connectivity index is 1.93. The lowest BCUT2D eigenvalue weighted by molar-refractivity contribution is 0.145. The van der Waals surface area contributed by atoms with Crippen LogP contribution in [0, 0.1) is 12.7 Å². The molecule has 0 amide bonds. The van der Waals surface area contributed by atoms with Crippen LogP contribution in [0.5, 0.6) is 0 Å². The second-order valence-corrected chi connectivity index (χ2v) is 7.95. The van der Waals surface area contributed by atoms with Gasteiger partial charge in [-0.25, -0.2) is 12.8 Å². The Morgan fingerprint density at radius 2 is 1.76 bits per heavy atom. The highest BCUT2D eigenvalue weighted by Gasteiger charge is 2.24. The smallest absolute Gasteiger partial charge is 0.262 e. The number of halogens is 1. The second-order valence-electron chi connectivity index (χ2n) is 6.27. The number of benzene rings is 2. The number of aliphatic hydroxyl groups is 1. The molecule has 7 heteroatoms. The van der Waals surface area contributed by atoms with Gasteiger partial charge in [0, 0.05) is 13.1 Å². The molecule has 2 aromatic rings. The van der Waals surface area contributed by atoms with E-state index in [0.29, 0.717) is 31.6 Å². The first-order valence-electron chi connectivity index (χ1n) is 8.18. The molecule has 5 nitrogen and oxygen atoms in total. The van der Waals surface area contributed by atoms with Crippen LogP contribution in [0.15, 0.2) is 47.4 Å². The van der Waals surface area contributed by atoms with Crippen molar-refractivity contribution in [1.82, 2.24) is 0 Å². The number of hydrogen-bond acceptors (Lipinski definition) is 4. The maximum Gasteiger partial charge on any atom is 0.262 e.